The van der Waals surface area contributed by atoms with Crippen molar-refractivity contribution in [3.8, 4) is 6.07 Å². The Kier molecular flexibility index (Phi) is 4.00. The van der Waals surface area contributed by atoms with E-state index in [1.165, 1.54) is 6.07 Å². The van der Waals surface area contributed by atoms with Crippen LogP contribution < -0.4 is 5.32 Å². The lowest BCUT2D eigenvalue weighted by molar-refractivity contribution is 0.627. The van der Waals surface area contributed by atoms with Gasteiger partial charge >= 0.3 is 0 Å². The second kappa shape index (κ2) is 5.51. The molecule has 1 aromatic heterocycles. The summed E-state index contributed by atoms with van der Waals surface area (Å²) < 4.78 is 14.7. The number of thiophene rings is 1. The molecule has 0 aliphatic heterocycles. The van der Waals surface area contributed by atoms with Crippen LogP contribution >= 0.6 is 27.3 Å². The van der Waals surface area contributed by atoms with Crippen LogP contribution in [0.15, 0.2) is 34.1 Å². The smallest absolute Gasteiger partial charge is 0.147 e. The van der Waals surface area contributed by atoms with Crippen molar-refractivity contribution in [1.82, 2.24) is 0 Å². The highest BCUT2D eigenvalue weighted by molar-refractivity contribution is 9.10. The molecule has 2 nitrogen and oxygen atoms in total. The fraction of sp³-hybridized carbons (Fsp3) is 0.154. The Morgan fingerprint density at radius 2 is 2.22 bits per heavy atom. The lowest BCUT2D eigenvalue weighted by Gasteiger charge is -2.15. The first-order valence-corrected chi connectivity index (χ1v) is 6.98. The Morgan fingerprint density at radius 1 is 1.44 bits per heavy atom. The summed E-state index contributed by atoms with van der Waals surface area (Å²) in [7, 11) is 0. The SMILES string of the molecule is CC(Nc1ccc(C#N)cc1F)c1sccc1Br. The van der Waals surface area contributed by atoms with Crippen LogP contribution in [0.4, 0.5) is 10.1 Å². The van der Waals surface area contributed by atoms with E-state index in [0.717, 1.165) is 9.35 Å². The van der Waals surface area contributed by atoms with Gasteiger partial charge in [-0.05, 0) is 52.5 Å². The Labute approximate surface area is 117 Å². The number of nitriles is 1. The Bertz CT molecular complexity index is 603. The summed E-state index contributed by atoms with van der Waals surface area (Å²) in [4.78, 5) is 1.11. The second-order valence-corrected chi connectivity index (χ2v) is 5.61. The molecule has 0 aliphatic carbocycles. The highest BCUT2D eigenvalue weighted by atomic mass is 79.9. The van der Waals surface area contributed by atoms with E-state index >= 15 is 0 Å². The first kappa shape index (κ1) is 13.1. The molecule has 0 amide bonds. The quantitative estimate of drug-likeness (QED) is 0.888. The van der Waals surface area contributed by atoms with Crippen molar-refractivity contribution in [3.05, 3.63) is 50.4 Å². The van der Waals surface area contributed by atoms with Gasteiger partial charge in [0.1, 0.15) is 5.82 Å². The maximum absolute atomic E-state index is 13.7. The van der Waals surface area contributed by atoms with Gasteiger partial charge in [-0.2, -0.15) is 5.26 Å². The van der Waals surface area contributed by atoms with E-state index in [1.807, 2.05) is 24.4 Å². The van der Waals surface area contributed by atoms with Gasteiger partial charge in [-0.25, -0.2) is 4.39 Å². The Balaban J connectivity index is 2.20. The predicted molar refractivity (Wildman–Crippen MR) is 75.2 cm³/mol. The van der Waals surface area contributed by atoms with Crippen LogP contribution in [-0.4, -0.2) is 0 Å². The number of nitrogens with zero attached hydrogens (tertiary/aromatic N) is 1. The third-order valence-electron chi connectivity index (χ3n) is 2.51. The minimum Gasteiger partial charge on any atom is -0.375 e. The lowest BCUT2D eigenvalue weighted by Crippen LogP contribution is -2.07. The molecule has 0 saturated carbocycles. The number of anilines is 1. The monoisotopic (exact) mass is 324 g/mol. The summed E-state index contributed by atoms with van der Waals surface area (Å²) in [6, 6.07) is 8.30. The molecule has 0 aliphatic rings. The fourth-order valence-corrected chi connectivity index (χ4v) is 3.34. The van der Waals surface area contributed by atoms with Crippen LogP contribution in [0.3, 0.4) is 0 Å². The van der Waals surface area contributed by atoms with Gasteiger partial charge in [0.05, 0.1) is 23.4 Å². The molecule has 0 fully saturated rings. The molecule has 18 heavy (non-hydrogen) atoms. The largest absolute Gasteiger partial charge is 0.375 e. The standard InChI is InChI=1S/C13H10BrFN2S/c1-8(13-10(14)4-5-18-13)17-12-3-2-9(7-16)6-11(12)15/h2-6,8,17H,1H3. The van der Waals surface area contributed by atoms with Gasteiger partial charge in [-0.3, -0.25) is 0 Å². The molecule has 0 spiro atoms. The zero-order valence-corrected chi connectivity index (χ0v) is 12.0. The lowest BCUT2D eigenvalue weighted by atomic mass is 10.2. The summed E-state index contributed by atoms with van der Waals surface area (Å²) in [6.07, 6.45) is 0. The minimum absolute atomic E-state index is 0.00168. The summed E-state index contributed by atoms with van der Waals surface area (Å²) >= 11 is 5.06. The van der Waals surface area contributed by atoms with E-state index in [2.05, 4.69) is 21.2 Å². The van der Waals surface area contributed by atoms with Crippen LogP contribution in [0.5, 0.6) is 0 Å². The Morgan fingerprint density at radius 3 is 2.78 bits per heavy atom. The summed E-state index contributed by atoms with van der Waals surface area (Å²) in [5, 5.41) is 13.8. The number of halogens is 2. The number of benzene rings is 1. The molecule has 1 aromatic carbocycles. The van der Waals surface area contributed by atoms with Crippen molar-refractivity contribution in [1.29, 1.82) is 5.26 Å². The molecular weight excluding hydrogens is 315 g/mol. The van der Waals surface area contributed by atoms with E-state index in [4.69, 9.17) is 5.26 Å². The molecule has 0 bridgehead atoms. The van der Waals surface area contributed by atoms with Crippen molar-refractivity contribution >= 4 is 33.0 Å². The molecule has 1 heterocycles. The van der Waals surface area contributed by atoms with Gasteiger partial charge in [0.15, 0.2) is 0 Å². The van der Waals surface area contributed by atoms with E-state index in [0.29, 0.717) is 11.3 Å². The second-order valence-electron chi connectivity index (χ2n) is 3.81. The molecular formula is C13H10BrFN2S. The first-order chi connectivity index (χ1) is 8.61. The number of nitrogens with one attached hydrogen (secondary N) is 1. The van der Waals surface area contributed by atoms with Crippen molar-refractivity contribution in [2.24, 2.45) is 0 Å². The van der Waals surface area contributed by atoms with Crippen LogP contribution in [0.1, 0.15) is 23.4 Å². The molecule has 2 aromatic rings. The number of rotatable bonds is 3. The fourth-order valence-electron chi connectivity index (χ4n) is 1.61. The number of hydrogen-bond donors (Lipinski definition) is 1. The van der Waals surface area contributed by atoms with Crippen LogP contribution in [0.2, 0.25) is 0 Å². The van der Waals surface area contributed by atoms with Gasteiger partial charge in [0, 0.05) is 9.35 Å². The maximum atomic E-state index is 13.7. The van der Waals surface area contributed by atoms with Gasteiger partial charge in [0.2, 0.25) is 0 Å². The minimum atomic E-state index is -0.409. The molecule has 1 N–H and O–H groups in total. The Hall–Kier alpha value is -1.38. The normalized spacial score (nSPS) is 11.9. The van der Waals surface area contributed by atoms with Gasteiger partial charge in [-0.15, -0.1) is 11.3 Å². The van der Waals surface area contributed by atoms with E-state index in [9.17, 15) is 4.39 Å². The summed E-state index contributed by atoms with van der Waals surface area (Å²) in [6.45, 7) is 1.97. The summed E-state index contributed by atoms with van der Waals surface area (Å²) in [5.41, 5.74) is 0.727. The zero-order chi connectivity index (χ0) is 13.1. The van der Waals surface area contributed by atoms with Crippen LogP contribution in [-0.2, 0) is 0 Å². The van der Waals surface area contributed by atoms with Gasteiger partial charge < -0.3 is 5.32 Å². The van der Waals surface area contributed by atoms with Gasteiger partial charge in [0.25, 0.3) is 0 Å². The first-order valence-electron chi connectivity index (χ1n) is 5.31. The molecule has 0 saturated heterocycles. The van der Waals surface area contributed by atoms with Crippen molar-refractivity contribution < 1.29 is 4.39 Å². The molecule has 1 atom stereocenters. The molecule has 2 rings (SSSR count). The van der Waals surface area contributed by atoms with E-state index in [-0.39, 0.29) is 6.04 Å². The highest BCUT2D eigenvalue weighted by Gasteiger charge is 2.12. The third-order valence-corrected chi connectivity index (χ3v) is 4.56. The zero-order valence-electron chi connectivity index (χ0n) is 9.58. The maximum Gasteiger partial charge on any atom is 0.147 e. The van der Waals surface area contributed by atoms with Crippen LogP contribution in [0, 0.1) is 17.1 Å². The predicted octanol–water partition coefficient (Wildman–Crippen LogP) is 4.69. The molecule has 5 heteroatoms. The van der Waals surface area contributed by atoms with Crippen molar-refractivity contribution in [2.45, 2.75) is 13.0 Å². The van der Waals surface area contributed by atoms with Crippen LogP contribution in [0.25, 0.3) is 0 Å². The number of hydrogen-bond acceptors (Lipinski definition) is 3. The highest BCUT2D eigenvalue weighted by Crippen LogP contribution is 2.31. The van der Waals surface area contributed by atoms with Crippen molar-refractivity contribution in [3.63, 3.8) is 0 Å². The van der Waals surface area contributed by atoms with E-state index < -0.39 is 5.82 Å². The van der Waals surface area contributed by atoms with Gasteiger partial charge in [-0.1, -0.05) is 0 Å². The average Bonchev–Trinajstić information content (AvgIpc) is 2.78. The third kappa shape index (κ3) is 2.71. The van der Waals surface area contributed by atoms with E-state index in [1.54, 1.807) is 23.5 Å². The molecule has 92 valence electrons. The van der Waals surface area contributed by atoms with Crippen molar-refractivity contribution in [2.75, 3.05) is 5.32 Å². The molecule has 1 unspecified atom stereocenters. The topological polar surface area (TPSA) is 35.8 Å². The molecule has 0 radical (unpaired) electrons. The summed E-state index contributed by atoms with van der Waals surface area (Å²) in [5.74, 6) is -0.409. The average molecular weight is 325 g/mol.